The highest BCUT2D eigenvalue weighted by Crippen LogP contribution is 2.41. The third-order valence-corrected chi connectivity index (χ3v) is 5.79. The third-order valence-electron chi connectivity index (χ3n) is 5.79. The van der Waals surface area contributed by atoms with Gasteiger partial charge in [0.15, 0.2) is 11.5 Å². The van der Waals surface area contributed by atoms with E-state index in [1.54, 1.807) is 0 Å². The first-order chi connectivity index (χ1) is 14.8. The van der Waals surface area contributed by atoms with Crippen LogP contribution in [0.2, 0.25) is 0 Å². The van der Waals surface area contributed by atoms with E-state index >= 15 is 0 Å². The summed E-state index contributed by atoms with van der Waals surface area (Å²) in [5.41, 5.74) is 1.30. The van der Waals surface area contributed by atoms with Crippen molar-refractivity contribution in [1.82, 2.24) is 0 Å². The van der Waals surface area contributed by atoms with Crippen LogP contribution in [-0.2, 0) is 9.47 Å². The minimum absolute atomic E-state index is 0.0984. The van der Waals surface area contributed by atoms with Gasteiger partial charge in [0.2, 0.25) is 0 Å². The Balaban J connectivity index is 1.43. The fraction of sp³-hybridized carbons (Fsp3) is 0.308. The molecule has 31 heavy (non-hydrogen) atoms. The number of ether oxygens (including phenoxy) is 2. The molecule has 3 aromatic rings. The van der Waals surface area contributed by atoms with Crippen molar-refractivity contribution in [3.63, 3.8) is 0 Å². The average Bonchev–Trinajstić information content (AvgIpc) is 3.44. The molecule has 3 heterocycles. The van der Waals surface area contributed by atoms with Crippen LogP contribution >= 0.6 is 0 Å². The Morgan fingerprint density at radius 2 is 0.968 bits per heavy atom. The van der Waals surface area contributed by atoms with Crippen LogP contribution in [0.25, 0.3) is 0 Å². The van der Waals surface area contributed by atoms with Crippen molar-refractivity contribution in [3.05, 3.63) is 95.4 Å². The molecular weight excluding hydrogens is 388 g/mol. The van der Waals surface area contributed by atoms with Crippen molar-refractivity contribution in [2.45, 2.75) is 51.0 Å². The Labute approximate surface area is 182 Å². The molecule has 0 saturated heterocycles. The summed E-state index contributed by atoms with van der Waals surface area (Å²) < 4.78 is 18.5. The summed E-state index contributed by atoms with van der Waals surface area (Å²) in [5.74, 6) is 2.16. The normalized spacial score (nSPS) is 23.6. The molecule has 5 heteroatoms. The minimum Gasteiger partial charge on any atom is -0.467 e. The van der Waals surface area contributed by atoms with Crippen LogP contribution in [-0.4, -0.2) is 23.0 Å². The maximum absolute atomic E-state index is 6.18. The van der Waals surface area contributed by atoms with Crippen LogP contribution < -0.4 is 0 Å². The molecule has 0 spiro atoms. The second-order valence-electron chi connectivity index (χ2n) is 9.07. The van der Waals surface area contributed by atoms with Crippen LogP contribution in [0.5, 0.6) is 0 Å². The van der Waals surface area contributed by atoms with Crippen molar-refractivity contribution in [2.75, 3.05) is 0 Å². The summed E-state index contributed by atoms with van der Waals surface area (Å²) in [6.45, 7) is 8.18. The first-order valence-electron chi connectivity index (χ1n) is 10.6. The van der Waals surface area contributed by atoms with E-state index < -0.39 is 11.2 Å². The van der Waals surface area contributed by atoms with Crippen LogP contribution in [0.15, 0.2) is 87.2 Å². The molecule has 5 rings (SSSR count). The maximum atomic E-state index is 6.18. The first-order valence-corrected chi connectivity index (χ1v) is 10.6. The molecule has 0 saturated carbocycles. The number of benzene rings is 2. The van der Waals surface area contributed by atoms with E-state index in [0.717, 1.165) is 11.1 Å². The van der Waals surface area contributed by atoms with E-state index in [0.29, 0.717) is 23.3 Å². The summed E-state index contributed by atoms with van der Waals surface area (Å²) in [4.78, 5) is 9.66. The van der Waals surface area contributed by atoms with Crippen molar-refractivity contribution in [3.8, 4) is 0 Å². The van der Waals surface area contributed by atoms with Gasteiger partial charge in [0.1, 0.15) is 23.3 Å². The number of rotatable bonds is 4. The van der Waals surface area contributed by atoms with Crippen molar-refractivity contribution >= 4 is 11.8 Å². The predicted octanol–water partition coefficient (Wildman–Crippen LogP) is 5.87. The SMILES string of the molecule is CC1(C)OC(c2ccc(C3=N[C@H](c4ccccc4)C(C)(C)O3)o2)=N[C@@H]1c1ccccc1. The summed E-state index contributed by atoms with van der Waals surface area (Å²) in [6.07, 6.45) is 0. The Hall–Kier alpha value is -3.34. The van der Waals surface area contributed by atoms with Gasteiger partial charge in [-0.1, -0.05) is 60.7 Å². The third kappa shape index (κ3) is 3.54. The van der Waals surface area contributed by atoms with Crippen molar-refractivity contribution < 1.29 is 13.9 Å². The zero-order valence-electron chi connectivity index (χ0n) is 18.2. The topological polar surface area (TPSA) is 56.3 Å². The fourth-order valence-electron chi connectivity index (χ4n) is 4.23. The molecule has 5 nitrogen and oxygen atoms in total. The van der Waals surface area contributed by atoms with Gasteiger partial charge in [-0.3, -0.25) is 0 Å². The second-order valence-corrected chi connectivity index (χ2v) is 9.07. The molecule has 0 fully saturated rings. The molecular formula is C26H26N2O3. The number of aliphatic imine (C=N–C) groups is 2. The van der Waals surface area contributed by atoms with E-state index in [1.165, 1.54) is 0 Å². The number of hydrogen-bond donors (Lipinski definition) is 0. The molecule has 0 aliphatic carbocycles. The van der Waals surface area contributed by atoms with Crippen LogP contribution in [0, 0.1) is 0 Å². The smallest absolute Gasteiger partial charge is 0.254 e. The van der Waals surface area contributed by atoms with Gasteiger partial charge in [-0.05, 0) is 51.0 Å². The number of hydrogen-bond acceptors (Lipinski definition) is 5. The van der Waals surface area contributed by atoms with E-state index in [4.69, 9.17) is 23.9 Å². The molecule has 2 atom stereocenters. The molecule has 158 valence electrons. The lowest BCUT2D eigenvalue weighted by atomic mass is 9.93. The molecule has 0 bridgehead atoms. The highest BCUT2D eigenvalue weighted by atomic mass is 16.5. The van der Waals surface area contributed by atoms with E-state index in [1.807, 2.05) is 76.2 Å². The van der Waals surface area contributed by atoms with Gasteiger partial charge in [0, 0.05) is 0 Å². The highest BCUT2D eigenvalue weighted by Gasteiger charge is 2.43. The lowest BCUT2D eigenvalue weighted by Crippen LogP contribution is -2.28. The van der Waals surface area contributed by atoms with Gasteiger partial charge >= 0.3 is 0 Å². The molecule has 2 aromatic carbocycles. The predicted molar refractivity (Wildman–Crippen MR) is 120 cm³/mol. The van der Waals surface area contributed by atoms with E-state index in [-0.39, 0.29) is 12.1 Å². The number of furan rings is 1. The Bertz CT molecular complexity index is 1050. The Kier molecular flexibility index (Phi) is 4.50. The standard InChI is InChI=1S/C26H26N2O3/c1-25(2)21(17-11-7-5-8-12-17)27-23(30-25)19-15-16-20(29-19)24-28-22(26(3,4)31-24)18-13-9-6-10-14-18/h5-16,21-22H,1-4H3/t21-,22-/m1/s1. The molecule has 0 N–H and O–H groups in total. The summed E-state index contributed by atoms with van der Waals surface area (Å²) in [7, 11) is 0. The van der Waals surface area contributed by atoms with Crippen LogP contribution in [0.4, 0.5) is 0 Å². The van der Waals surface area contributed by atoms with Crippen LogP contribution in [0.1, 0.15) is 62.4 Å². The van der Waals surface area contributed by atoms with Gasteiger partial charge in [-0.15, -0.1) is 0 Å². The maximum Gasteiger partial charge on any atom is 0.254 e. The number of nitrogens with zero attached hydrogens (tertiary/aromatic N) is 2. The van der Waals surface area contributed by atoms with Crippen molar-refractivity contribution in [2.24, 2.45) is 9.98 Å². The van der Waals surface area contributed by atoms with Crippen molar-refractivity contribution in [1.29, 1.82) is 0 Å². The Morgan fingerprint density at radius 3 is 1.35 bits per heavy atom. The van der Waals surface area contributed by atoms with E-state index in [2.05, 4.69) is 24.3 Å². The quantitative estimate of drug-likeness (QED) is 0.536. The molecule has 0 radical (unpaired) electrons. The average molecular weight is 415 g/mol. The molecule has 1 aromatic heterocycles. The molecule has 0 unspecified atom stereocenters. The zero-order chi connectivity index (χ0) is 21.6. The second kappa shape index (κ2) is 7.12. The Morgan fingerprint density at radius 1 is 0.581 bits per heavy atom. The van der Waals surface area contributed by atoms with Gasteiger partial charge in [0.05, 0.1) is 0 Å². The monoisotopic (exact) mass is 414 g/mol. The lowest BCUT2D eigenvalue weighted by molar-refractivity contribution is 0.0939. The van der Waals surface area contributed by atoms with Gasteiger partial charge in [-0.25, -0.2) is 9.98 Å². The largest absolute Gasteiger partial charge is 0.467 e. The molecule has 2 aliphatic heterocycles. The summed E-state index contributed by atoms with van der Waals surface area (Å²) >= 11 is 0. The molecule has 0 amide bonds. The highest BCUT2D eigenvalue weighted by molar-refractivity contribution is 5.97. The van der Waals surface area contributed by atoms with Gasteiger partial charge in [0.25, 0.3) is 11.8 Å². The van der Waals surface area contributed by atoms with E-state index in [9.17, 15) is 0 Å². The van der Waals surface area contributed by atoms with Gasteiger partial charge < -0.3 is 13.9 Å². The molecule has 2 aliphatic rings. The fourth-order valence-corrected chi connectivity index (χ4v) is 4.23. The first kappa shape index (κ1) is 19.6. The summed E-state index contributed by atoms with van der Waals surface area (Å²) in [5, 5.41) is 0. The summed E-state index contributed by atoms with van der Waals surface area (Å²) in [6, 6.07) is 23.9. The minimum atomic E-state index is -0.467. The van der Waals surface area contributed by atoms with Gasteiger partial charge in [-0.2, -0.15) is 0 Å². The lowest BCUT2D eigenvalue weighted by Gasteiger charge is -2.25. The van der Waals surface area contributed by atoms with Crippen LogP contribution in [0.3, 0.4) is 0 Å². The zero-order valence-corrected chi connectivity index (χ0v) is 18.2.